The summed E-state index contributed by atoms with van der Waals surface area (Å²) < 4.78 is 0. The summed E-state index contributed by atoms with van der Waals surface area (Å²) in [5.41, 5.74) is 4.36. The van der Waals surface area contributed by atoms with E-state index in [9.17, 15) is 19.2 Å². The van der Waals surface area contributed by atoms with Crippen molar-refractivity contribution in [3.8, 4) is 0 Å². The van der Waals surface area contributed by atoms with Crippen molar-refractivity contribution in [2.24, 2.45) is 5.92 Å². The topological polar surface area (TPSA) is 123 Å². The zero-order valence-corrected chi connectivity index (χ0v) is 26.5. The third-order valence-electron chi connectivity index (χ3n) is 10.3. The standard InChI is InChI=1S/C35H49N5O4/c1-22(42)32(39-34(43)33(37-3)24-8-5-4-6-9-24)25-13-11-23(12-14-25)26-15-16-29-27(20-38-30(29)18-26)19-31(36-2)35(44)40-17-7-10-28(40)21-41/h13,15-16,18,20-21,23-24,28,31-33,36-38H,4-12,14,17,19H2,1-3H3,(H,39,43)/t23?,28-,31-,32-,33+/m0/s1. The highest BCUT2D eigenvalue weighted by molar-refractivity contribution is 5.92. The maximum atomic E-state index is 13.3. The Hall–Kier alpha value is -3.30. The summed E-state index contributed by atoms with van der Waals surface area (Å²) in [4.78, 5) is 55.7. The van der Waals surface area contributed by atoms with Crippen LogP contribution in [0.2, 0.25) is 0 Å². The number of nitrogens with one attached hydrogen (secondary N) is 4. The van der Waals surface area contributed by atoms with Crippen LogP contribution in [-0.4, -0.2) is 78.6 Å². The first kappa shape index (κ1) is 32.1. The predicted octanol–water partition coefficient (Wildman–Crippen LogP) is 3.92. The number of aromatic nitrogens is 1. The first-order valence-corrected chi connectivity index (χ1v) is 16.5. The number of H-pyrrole nitrogens is 1. The molecular formula is C35H49N5O4. The van der Waals surface area contributed by atoms with Crippen LogP contribution in [0.3, 0.4) is 0 Å². The molecule has 238 valence electrons. The van der Waals surface area contributed by atoms with Gasteiger partial charge >= 0.3 is 0 Å². The van der Waals surface area contributed by atoms with Gasteiger partial charge in [-0.1, -0.05) is 37.5 Å². The van der Waals surface area contributed by atoms with Crippen molar-refractivity contribution < 1.29 is 19.2 Å². The molecule has 1 unspecified atom stereocenters. The average molecular weight is 604 g/mol. The van der Waals surface area contributed by atoms with E-state index in [1.165, 1.54) is 12.0 Å². The summed E-state index contributed by atoms with van der Waals surface area (Å²) in [5, 5.41) is 10.6. The molecular weight excluding hydrogens is 554 g/mol. The van der Waals surface area contributed by atoms with E-state index in [1.807, 2.05) is 13.2 Å². The summed E-state index contributed by atoms with van der Waals surface area (Å²) in [6.07, 6.45) is 15.3. The number of likely N-dealkylation sites (tertiary alicyclic amines) is 1. The summed E-state index contributed by atoms with van der Waals surface area (Å²) in [5.74, 6) is 0.536. The molecule has 0 radical (unpaired) electrons. The fourth-order valence-electron chi connectivity index (χ4n) is 7.72. The minimum atomic E-state index is -0.568. The number of carbonyl (C=O) groups is 4. The van der Waals surface area contributed by atoms with Crippen LogP contribution in [0.4, 0.5) is 0 Å². The van der Waals surface area contributed by atoms with Crippen molar-refractivity contribution in [3.05, 3.63) is 47.2 Å². The van der Waals surface area contributed by atoms with Gasteiger partial charge in [0, 0.05) is 23.6 Å². The number of hydrogen-bond donors (Lipinski definition) is 4. The number of aldehydes is 1. The third-order valence-corrected chi connectivity index (χ3v) is 10.3. The van der Waals surface area contributed by atoms with Crippen molar-refractivity contribution in [1.82, 2.24) is 25.8 Å². The van der Waals surface area contributed by atoms with Crippen LogP contribution in [-0.2, 0) is 25.6 Å². The molecule has 1 aliphatic heterocycles. The van der Waals surface area contributed by atoms with Gasteiger partial charge in [0.15, 0.2) is 5.78 Å². The van der Waals surface area contributed by atoms with E-state index in [2.05, 4.69) is 45.2 Å². The molecule has 0 spiro atoms. The number of benzene rings is 1. The van der Waals surface area contributed by atoms with Crippen LogP contribution in [0.5, 0.6) is 0 Å². The van der Waals surface area contributed by atoms with Gasteiger partial charge < -0.3 is 30.6 Å². The van der Waals surface area contributed by atoms with Crippen LogP contribution in [0.15, 0.2) is 36.0 Å². The number of Topliss-reactive ketones (excluding diaryl/α,β-unsaturated/α-hetero) is 1. The Labute approximate surface area is 261 Å². The fourth-order valence-corrected chi connectivity index (χ4v) is 7.72. The first-order valence-electron chi connectivity index (χ1n) is 16.5. The second-order valence-electron chi connectivity index (χ2n) is 13.0. The second kappa shape index (κ2) is 14.7. The SMILES string of the molecule is CN[C@@H](Cc1c[nH]c2cc(C3CC=C([C@@H](NC(=O)[C@H](NC)C4CCCCC4)C(C)=O)CC3)ccc12)C(=O)N1CCC[C@H]1C=O. The Morgan fingerprint density at radius 1 is 1.05 bits per heavy atom. The molecule has 5 rings (SSSR count). The molecule has 2 heterocycles. The van der Waals surface area contributed by atoms with E-state index < -0.39 is 12.1 Å². The first-order chi connectivity index (χ1) is 21.3. The summed E-state index contributed by atoms with van der Waals surface area (Å²) in [6, 6.07) is 4.97. The smallest absolute Gasteiger partial charge is 0.240 e. The molecule has 2 aliphatic carbocycles. The van der Waals surface area contributed by atoms with E-state index in [-0.39, 0.29) is 29.7 Å². The van der Waals surface area contributed by atoms with E-state index in [0.29, 0.717) is 24.8 Å². The van der Waals surface area contributed by atoms with Gasteiger partial charge in [0.2, 0.25) is 11.8 Å². The monoisotopic (exact) mass is 603 g/mol. The minimum absolute atomic E-state index is 0.0200. The zero-order chi connectivity index (χ0) is 31.2. The van der Waals surface area contributed by atoms with Gasteiger partial charge in [-0.05, 0) is 107 Å². The van der Waals surface area contributed by atoms with Gasteiger partial charge in [0.05, 0.1) is 18.1 Å². The lowest BCUT2D eigenvalue weighted by atomic mass is 9.81. The predicted molar refractivity (Wildman–Crippen MR) is 172 cm³/mol. The number of amides is 2. The molecule has 5 atom stereocenters. The molecule has 44 heavy (non-hydrogen) atoms. The number of likely N-dealkylation sites (N-methyl/N-ethyl adjacent to an activating group) is 2. The molecule has 1 aromatic carbocycles. The highest BCUT2D eigenvalue weighted by atomic mass is 16.2. The van der Waals surface area contributed by atoms with Crippen molar-refractivity contribution >= 4 is 34.8 Å². The largest absolute Gasteiger partial charge is 0.361 e. The normalized spacial score (nSPS) is 23.2. The highest BCUT2D eigenvalue weighted by Gasteiger charge is 2.34. The number of hydrogen-bond acceptors (Lipinski definition) is 6. The maximum absolute atomic E-state index is 13.3. The van der Waals surface area contributed by atoms with Crippen molar-refractivity contribution in [3.63, 3.8) is 0 Å². The number of nitrogens with zero attached hydrogens (tertiary/aromatic N) is 1. The molecule has 2 fully saturated rings. The van der Waals surface area contributed by atoms with E-state index in [0.717, 1.165) is 86.1 Å². The molecule has 1 aromatic heterocycles. The lowest BCUT2D eigenvalue weighted by Gasteiger charge is -2.32. The number of carbonyl (C=O) groups excluding carboxylic acids is 4. The molecule has 1 saturated carbocycles. The quantitative estimate of drug-likeness (QED) is 0.215. The van der Waals surface area contributed by atoms with Crippen molar-refractivity contribution in [1.29, 1.82) is 0 Å². The van der Waals surface area contributed by atoms with Crippen LogP contribution >= 0.6 is 0 Å². The van der Waals surface area contributed by atoms with Crippen molar-refractivity contribution in [2.75, 3.05) is 20.6 Å². The van der Waals surface area contributed by atoms with Gasteiger partial charge in [0.1, 0.15) is 12.3 Å². The summed E-state index contributed by atoms with van der Waals surface area (Å²) in [7, 11) is 3.64. The van der Waals surface area contributed by atoms with Crippen LogP contribution < -0.4 is 16.0 Å². The Morgan fingerprint density at radius 2 is 1.84 bits per heavy atom. The van der Waals surface area contributed by atoms with E-state index in [1.54, 1.807) is 18.9 Å². The van der Waals surface area contributed by atoms with Crippen LogP contribution in [0.1, 0.15) is 88.2 Å². The number of allylic oxidation sites excluding steroid dienone is 1. The number of rotatable bonds is 12. The summed E-state index contributed by atoms with van der Waals surface area (Å²) in [6.45, 7) is 2.20. The Bertz CT molecular complexity index is 1380. The van der Waals surface area contributed by atoms with Gasteiger partial charge in [-0.15, -0.1) is 0 Å². The average Bonchev–Trinajstić information content (AvgIpc) is 3.70. The molecule has 1 saturated heterocycles. The maximum Gasteiger partial charge on any atom is 0.240 e. The van der Waals surface area contributed by atoms with Crippen LogP contribution in [0.25, 0.3) is 10.9 Å². The number of aromatic amines is 1. The Morgan fingerprint density at radius 3 is 2.50 bits per heavy atom. The fraction of sp³-hybridized carbons (Fsp3) is 0.600. The third kappa shape index (κ3) is 6.99. The number of fused-ring (bicyclic) bond motifs is 1. The molecule has 4 N–H and O–H groups in total. The Balaban J connectivity index is 1.23. The van der Waals surface area contributed by atoms with Gasteiger partial charge in [-0.2, -0.15) is 0 Å². The molecule has 3 aliphatic rings. The van der Waals surface area contributed by atoms with E-state index in [4.69, 9.17) is 0 Å². The molecule has 9 heteroatoms. The van der Waals surface area contributed by atoms with Gasteiger partial charge in [-0.3, -0.25) is 14.4 Å². The molecule has 2 amide bonds. The van der Waals surface area contributed by atoms with Crippen molar-refractivity contribution in [2.45, 2.75) is 108 Å². The highest BCUT2D eigenvalue weighted by Crippen LogP contribution is 2.35. The van der Waals surface area contributed by atoms with Gasteiger partial charge in [0.25, 0.3) is 0 Å². The molecule has 0 bridgehead atoms. The van der Waals surface area contributed by atoms with E-state index >= 15 is 0 Å². The zero-order valence-electron chi connectivity index (χ0n) is 26.5. The molecule has 9 nitrogen and oxygen atoms in total. The molecule has 2 aromatic rings. The lowest BCUT2D eigenvalue weighted by molar-refractivity contribution is -0.136. The minimum Gasteiger partial charge on any atom is -0.361 e. The van der Waals surface area contributed by atoms with Gasteiger partial charge in [-0.25, -0.2) is 0 Å². The lowest BCUT2D eigenvalue weighted by Crippen LogP contribution is -2.52. The Kier molecular flexibility index (Phi) is 10.7. The van der Waals surface area contributed by atoms with Crippen LogP contribution in [0, 0.1) is 5.92 Å². The summed E-state index contributed by atoms with van der Waals surface area (Å²) >= 11 is 0. The second-order valence-corrected chi connectivity index (χ2v) is 13.0. The number of ketones is 1.